The van der Waals surface area contributed by atoms with Crippen LogP contribution in [-0.4, -0.2) is 44.5 Å². The molecule has 2 aliphatic heterocycles. The van der Waals surface area contributed by atoms with Crippen LogP contribution in [0.2, 0.25) is 0 Å². The Bertz CT molecular complexity index is 300. The van der Waals surface area contributed by atoms with Gasteiger partial charge in [-0.2, -0.15) is 0 Å². The maximum atomic E-state index is 11.6. The van der Waals surface area contributed by atoms with Crippen LogP contribution in [0.4, 0.5) is 4.79 Å². The Hall–Kier alpha value is -0.810. The lowest BCUT2D eigenvalue weighted by Gasteiger charge is -2.29. The topological polar surface area (TPSA) is 59.6 Å². The number of rotatable bonds is 2. The van der Waals surface area contributed by atoms with Gasteiger partial charge in [-0.1, -0.05) is 0 Å². The molecule has 0 radical (unpaired) electrons. The van der Waals surface area contributed by atoms with Crippen molar-refractivity contribution in [3.63, 3.8) is 0 Å². The standard InChI is InChI=1S/C13H24N2O3/c1-12(2,3)18-11(16)15-7-10-6-14-8-13(10)4-5-17-9-13/h10,14H,4-9H2,1-3H3,(H,15,16). The van der Waals surface area contributed by atoms with Crippen molar-refractivity contribution in [2.24, 2.45) is 11.3 Å². The molecule has 18 heavy (non-hydrogen) atoms. The normalized spacial score (nSPS) is 31.8. The van der Waals surface area contributed by atoms with Crippen molar-refractivity contribution in [2.75, 3.05) is 32.8 Å². The first-order valence-electron chi connectivity index (χ1n) is 6.67. The fourth-order valence-corrected chi connectivity index (χ4v) is 2.75. The van der Waals surface area contributed by atoms with E-state index in [0.29, 0.717) is 12.5 Å². The van der Waals surface area contributed by atoms with Gasteiger partial charge in [0.2, 0.25) is 0 Å². The summed E-state index contributed by atoms with van der Waals surface area (Å²) in [6.45, 7) is 9.85. The summed E-state index contributed by atoms with van der Waals surface area (Å²) < 4.78 is 10.8. The van der Waals surface area contributed by atoms with Gasteiger partial charge >= 0.3 is 6.09 Å². The van der Waals surface area contributed by atoms with Crippen LogP contribution >= 0.6 is 0 Å². The van der Waals surface area contributed by atoms with E-state index in [1.165, 1.54) is 0 Å². The molecule has 2 heterocycles. The van der Waals surface area contributed by atoms with Gasteiger partial charge in [-0.05, 0) is 33.1 Å². The summed E-state index contributed by atoms with van der Waals surface area (Å²) >= 11 is 0. The minimum atomic E-state index is -0.438. The Morgan fingerprint density at radius 3 is 2.94 bits per heavy atom. The summed E-state index contributed by atoms with van der Waals surface area (Å²) in [6.07, 6.45) is 0.754. The monoisotopic (exact) mass is 256 g/mol. The maximum Gasteiger partial charge on any atom is 0.407 e. The molecular weight excluding hydrogens is 232 g/mol. The summed E-state index contributed by atoms with van der Waals surface area (Å²) in [5.74, 6) is 0.438. The molecule has 2 fully saturated rings. The fourth-order valence-electron chi connectivity index (χ4n) is 2.75. The van der Waals surface area contributed by atoms with Gasteiger partial charge in [-0.15, -0.1) is 0 Å². The Kier molecular flexibility index (Phi) is 3.82. The molecule has 2 aliphatic rings. The van der Waals surface area contributed by atoms with E-state index >= 15 is 0 Å². The molecule has 1 spiro atoms. The van der Waals surface area contributed by atoms with Crippen LogP contribution in [0.25, 0.3) is 0 Å². The quantitative estimate of drug-likeness (QED) is 0.778. The van der Waals surface area contributed by atoms with E-state index in [0.717, 1.165) is 32.7 Å². The SMILES string of the molecule is CC(C)(C)OC(=O)NCC1CNCC12CCOC2. The summed E-state index contributed by atoms with van der Waals surface area (Å²) in [6, 6.07) is 0. The molecule has 104 valence electrons. The number of hydrogen-bond acceptors (Lipinski definition) is 4. The molecule has 0 aliphatic carbocycles. The van der Waals surface area contributed by atoms with Crippen LogP contribution in [-0.2, 0) is 9.47 Å². The Labute approximate surface area is 109 Å². The van der Waals surface area contributed by atoms with Crippen LogP contribution in [0.5, 0.6) is 0 Å². The highest BCUT2D eigenvalue weighted by molar-refractivity contribution is 5.67. The lowest BCUT2D eigenvalue weighted by molar-refractivity contribution is 0.0502. The van der Waals surface area contributed by atoms with Gasteiger partial charge < -0.3 is 20.1 Å². The highest BCUT2D eigenvalue weighted by Gasteiger charge is 2.45. The van der Waals surface area contributed by atoms with Crippen molar-refractivity contribution in [2.45, 2.75) is 32.8 Å². The molecule has 0 aromatic rings. The third-order valence-electron chi connectivity index (χ3n) is 3.76. The number of carbonyl (C=O) groups is 1. The third kappa shape index (κ3) is 3.14. The second-order valence-corrected chi connectivity index (χ2v) is 6.38. The second-order valence-electron chi connectivity index (χ2n) is 6.38. The fraction of sp³-hybridized carbons (Fsp3) is 0.923. The van der Waals surface area contributed by atoms with Gasteiger partial charge in [-0.3, -0.25) is 0 Å². The molecule has 2 atom stereocenters. The van der Waals surface area contributed by atoms with Crippen LogP contribution in [0.15, 0.2) is 0 Å². The number of carbonyl (C=O) groups excluding carboxylic acids is 1. The van der Waals surface area contributed by atoms with E-state index in [-0.39, 0.29) is 11.5 Å². The zero-order valence-electron chi connectivity index (χ0n) is 11.5. The maximum absolute atomic E-state index is 11.6. The lowest BCUT2D eigenvalue weighted by Crippen LogP contribution is -2.41. The Morgan fingerprint density at radius 1 is 1.56 bits per heavy atom. The van der Waals surface area contributed by atoms with Crippen LogP contribution in [0, 0.1) is 11.3 Å². The predicted molar refractivity (Wildman–Crippen MR) is 68.5 cm³/mol. The molecule has 0 aromatic carbocycles. The Morgan fingerprint density at radius 2 is 2.33 bits per heavy atom. The molecule has 2 unspecified atom stereocenters. The van der Waals surface area contributed by atoms with Crippen molar-refractivity contribution in [1.29, 1.82) is 0 Å². The zero-order valence-corrected chi connectivity index (χ0v) is 11.5. The highest BCUT2D eigenvalue weighted by Crippen LogP contribution is 2.38. The largest absolute Gasteiger partial charge is 0.444 e. The number of hydrogen-bond donors (Lipinski definition) is 2. The average Bonchev–Trinajstić information content (AvgIpc) is 2.85. The van der Waals surface area contributed by atoms with Crippen molar-refractivity contribution in [3.05, 3.63) is 0 Å². The molecule has 5 heteroatoms. The molecule has 0 bridgehead atoms. The number of alkyl carbamates (subject to hydrolysis) is 1. The molecule has 0 aromatic heterocycles. The van der Waals surface area contributed by atoms with E-state index in [1.807, 2.05) is 20.8 Å². The van der Waals surface area contributed by atoms with Gasteiger partial charge in [0.05, 0.1) is 6.61 Å². The van der Waals surface area contributed by atoms with Crippen LogP contribution in [0.1, 0.15) is 27.2 Å². The van der Waals surface area contributed by atoms with E-state index in [1.54, 1.807) is 0 Å². The molecule has 2 N–H and O–H groups in total. The summed E-state index contributed by atoms with van der Waals surface area (Å²) in [5.41, 5.74) is -0.221. The minimum Gasteiger partial charge on any atom is -0.444 e. The second kappa shape index (κ2) is 5.05. The van der Waals surface area contributed by atoms with E-state index in [4.69, 9.17) is 9.47 Å². The van der Waals surface area contributed by atoms with Crippen LogP contribution < -0.4 is 10.6 Å². The van der Waals surface area contributed by atoms with Gasteiger partial charge in [0.15, 0.2) is 0 Å². The number of ether oxygens (including phenoxy) is 2. The van der Waals surface area contributed by atoms with Gasteiger partial charge in [0, 0.05) is 31.7 Å². The van der Waals surface area contributed by atoms with Crippen molar-refractivity contribution in [1.82, 2.24) is 10.6 Å². The van der Waals surface area contributed by atoms with Gasteiger partial charge in [-0.25, -0.2) is 4.79 Å². The molecule has 2 saturated heterocycles. The minimum absolute atomic E-state index is 0.217. The van der Waals surface area contributed by atoms with E-state index in [2.05, 4.69) is 10.6 Å². The van der Waals surface area contributed by atoms with Crippen LogP contribution in [0.3, 0.4) is 0 Å². The number of nitrogens with one attached hydrogen (secondary N) is 2. The smallest absolute Gasteiger partial charge is 0.407 e. The van der Waals surface area contributed by atoms with Crippen molar-refractivity contribution < 1.29 is 14.3 Å². The average molecular weight is 256 g/mol. The Balaban J connectivity index is 1.81. The predicted octanol–water partition coefficient (Wildman–Crippen LogP) is 1.14. The number of amides is 1. The first-order chi connectivity index (χ1) is 8.41. The molecule has 1 amide bonds. The van der Waals surface area contributed by atoms with Crippen molar-refractivity contribution >= 4 is 6.09 Å². The van der Waals surface area contributed by atoms with E-state index in [9.17, 15) is 4.79 Å². The first kappa shape index (κ1) is 13.6. The summed E-state index contributed by atoms with van der Waals surface area (Å²) in [4.78, 5) is 11.6. The van der Waals surface area contributed by atoms with Gasteiger partial charge in [0.1, 0.15) is 5.60 Å². The highest BCUT2D eigenvalue weighted by atomic mass is 16.6. The first-order valence-corrected chi connectivity index (χ1v) is 6.67. The molecule has 5 nitrogen and oxygen atoms in total. The molecule has 0 saturated carbocycles. The van der Waals surface area contributed by atoms with Gasteiger partial charge in [0.25, 0.3) is 0 Å². The lowest BCUT2D eigenvalue weighted by atomic mass is 9.77. The summed E-state index contributed by atoms with van der Waals surface area (Å²) in [5, 5.41) is 6.28. The molecule has 2 rings (SSSR count). The third-order valence-corrected chi connectivity index (χ3v) is 3.76. The molecular formula is C13H24N2O3. The van der Waals surface area contributed by atoms with E-state index < -0.39 is 5.60 Å². The zero-order chi connectivity index (χ0) is 13.2. The summed E-state index contributed by atoms with van der Waals surface area (Å²) in [7, 11) is 0. The van der Waals surface area contributed by atoms with Crippen molar-refractivity contribution in [3.8, 4) is 0 Å².